The Hall–Kier alpha value is -0.130. The van der Waals surface area contributed by atoms with Crippen LogP contribution in [0, 0.1) is 0 Å². The maximum absolute atomic E-state index is 11.6. The smallest absolute Gasteiger partial charge is 0.267 e. The molecule has 2 unspecified atom stereocenters. The molecule has 0 saturated carbocycles. The van der Waals surface area contributed by atoms with E-state index < -0.39 is 15.4 Å². The molecule has 0 heterocycles. The molecular formula is C23H48O4S. The molecule has 0 aromatic carbocycles. The summed E-state index contributed by atoms with van der Waals surface area (Å²) in [4.78, 5) is 0. The fourth-order valence-corrected chi connectivity index (χ4v) is 4.75. The summed E-state index contributed by atoms with van der Waals surface area (Å²) in [5.74, 6) is 0. The molecule has 0 radical (unpaired) electrons. The van der Waals surface area contributed by atoms with E-state index in [1.807, 2.05) is 0 Å². The van der Waals surface area contributed by atoms with Crippen molar-refractivity contribution in [1.82, 2.24) is 0 Å². The van der Waals surface area contributed by atoms with Crippen LogP contribution >= 0.6 is 0 Å². The first-order chi connectivity index (χ1) is 13.4. The molecule has 0 aromatic rings. The minimum absolute atomic E-state index is 0.339. The number of hydrogen-bond donors (Lipinski definition) is 2. The molecule has 0 aliphatic heterocycles. The summed E-state index contributed by atoms with van der Waals surface area (Å²) in [6.07, 6.45) is 19.8. The average Bonchev–Trinajstić information content (AvgIpc) is 2.64. The maximum atomic E-state index is 11.6. The minimum Gasteiger partial charge on any atom is -0.393 e. The molecule has 0 aliphatic carbocycles. The topological polar surface area (TPSA) is 74.6 Å². The van der Waals surface area contributed by atoms with Crippen molar-refractivity contribution in [3.8, 4) is 0 Å². The maximum Gasteiger partial charge on any atom is 0.267 e. The Balaban J connectivity index is 3.71. The number of aliphatic hydroxyl groups excluding tert-OH is 1. The third-order valence-corrected chi connectivity index (χ3v) is 7.07. The van der Waals surface area contributed by atoms with Crippen LogP contribution in [0.25, 0.3) is 0 Å². The van der Waals surface area contributed by atoms with Crippen LogP contribution in [0.1, 0.15) is 136 Å². The van der Waals surface area contributed by atoms with Crippen LogP contribution in [-0.4, -0.2) is 29.4 Å². The molecule has 5 heteroatoms. The molecular weight excluding hydrogens is 372 g/mol. The lowest BCUT2D eigenvalue weighted by atomic mass is 10.0. The van der Waals surface area contributed by atoms with E-state index in [2.05, 4.69) is 13.8 Å². The SMILES string of the molecule is CCCCCCCCCCCCCCC(CCCC(O)CCCC)S(=O)(=O)O. The second-order valence-corrected chi connectivity index (χ2v) is 10.2. The van der Waals surface area contributed by atoms with Gasteiger partial charge >= 0.3 is 0 Å². The summed E-state index contributed by atoms with van der Waals surface area (Å²) < 4.78 is 32.7. The summed E-state index contributed by atoms with van der Waals surface area (Å²) >= 11 is 0. The lowest BCUT2D eigenvalue weighted by Crippen LogP contribution is -2.21. The summed E-state index contributed by atoms with van der Waals surface area (Å²) in [6.45, 7) is 4.34. The molecule has 2 N–H and O–H groups in total. The molecule has 0 rings (SSSR count). The van der Waals surface area contributed by atoms with Gasteiger partial charge in [-0.15, -0.1) is 0 Å². The first-order valence-corrected chi connectivity index (χ1v) is 13.6. The average molecular weight is 421 g/mol. The van der Waals surface area contributed by atoms with E-state index in [1.54, 1.807) is 0 Å². The largest absolute Gasteiger partial charge is 0.393 e. The first kappa shape index (κ1) is 27.9. The number of unbranched alkanes of at least 4 members (excludes halogenated alkanes) is 12. The lowest BCUT2D eigenvalue weighted by molar-refractivity contribution is 0.148. The summed E-state index contributed by atoms with van der Waals surface area (Å²) in [6, 6.07) is 0. The molecule has 170 valence electrons. The fraction of sp³-hybridized carbons (Fsp3) is 1.00. The van der Waals surface area contributed by atoms with E-state index in [9.17, 15) is 18.1 Å². The van der Waals surface area contributed by atoms with E-state index in [-0.39, 0.29) is 6.10 Å². The molecule has 0 fully saturated rings. The van der Waals surface area contributed by atoms with Gasteiger partial charge in [0.1, 0.15) is 0 Å². The molecule has 28 heavy (non-hydrogen) atoms. The van der Waals surface area contributed by atoms with Crippen LogP contribution in [0.15, 0.2) is 0 Å². The van der Waals surface area contributed by atoms with Gasteiger partial charge in [0.15, 0.2) is 0 Å². The molecule has 0 amide bonds. The number of aliphatic hydroxyl groups is 1. The van der Waals surface area contributed by atoms with Gasteiger partial charge in [0.05, 0.1) is 11.4 Å². The molecule has 0 aromatic heterocycles. The molecule has 2 atom stereocenters. The lowest BCUT2D eigenvalue weighted by Gasteiger charge is -2.15. The molecule has 0 bridgehead atoms. The zero-order valence-corrected chi connectivity index (χ0v) is 19.5. The van der Waals surface area contributed by atoms with Crippen molar-refractivity contribution in [2.24, 2.45) is 0 Å². The van der Waals surface area contributed by atoms with Crippen LogP contribution in [-0.2, 0) is 10.1 Å². The zero-order valence-electron chi connectivity index (χ0n) is 18.7. The normalized spacial score (nSPS) is 14.3. The van der Waals surface area contributed by atoms with Gasteiger partial charge in [-0.25, -0.2) is 0 Å². The van der Waals surface area contributed by atoms with Crippen molar-refractivity contribution in [2.45, 2.75) is 147 Å². The van der Waals surface area contributed by atoms with E-state index in [0.29, 0.717) is 25.7 Å². The molecule has 0 saturated heterocycles. The standard InChI is InChI=1S/C23H48O4S/c1-3-5-7-8-9-10-11-12-13-14-15-16-20-23(28(25,26)27)21-17-19-22(24)18-6-4-2/h22-24H,3-21H2,1-2H3,(H,25,26,27). The third-order valence-electron chi connectivity index (χ3n) is 5.76. The van der Waals surface area contributed by atoms with Gasteiger partial charge in [0.2, 0.25) is 0 Å². The van der Waals surface area contributed by atoms with Crippen molar-refractivity contribution >= 4 is 10.1 Å². The van der Waals surface area contributed by atoms with E-state index in [0.717, 1.165) is 38.5 Å². The number of hydrogen-bond acceptors (Lipinski definition) is 3. The van der Waals surface area contributed by atoms with E-state index >= 15 is 0 Å². The Morgan fingerprint density at radius 3 is 1.43 bits per heavy atom. The molecule has 0 aliphatic rings. The highest BCUT2D eigenvalue weighted by atomic mass is 32.2. The second kappa shape index (κ2) is 18.9. The second-order valence-electron chi connectivity index (χ2n) is 8.54. The van der Waals surface area contributed by atoms with Crippen LogP contribution in [0.3, 0.4) is 0 Å². The van der Waals surface area contributed by atoms with Crippen LogP contribution < -0.4 is 0 Å². The Kier molecular flexibility index (Phi) is 18.8. The Morgan fingerprint density at radius 2 is 0.964 bits per heavy atom. The van der Waals surface area contributed by atoms with E-state index in [4.69, 9.17) is 0 Å². The molecule has 0 spiro atoms. The quantitative estimate of drug-likeness (QED) is 0.154. The number of rotatable bonds is 21. The monoisotopic (exact) mass is 420 g/mol. The highest BCUT2D eigenvalue weighted by Crippen LogP contribution is 2.19. The summed E-state index contributed by atoms with van der Waals surface area (Å²) in [5.41, 5.74) is 0. The Morgan fingerprint density at radius 1 is 0.571 bits per heavy atom. The zero-order chi connectivity index (χ0) is 21.1. The van der Waals surface area contributed by atoms with Gasteiger partial charge in [-0.05, 0) is 32.1 Å². The van der Waals surface area contributed by atoms with Gasteiger partial charge < -0.3 is 5.11 Å². The van der Waals surface area contributed by atoms with E-state index in [1.165, 1.54) is 57.8 Å². The van der Waals surface area contributed by atoms with Gasteiger partial charge in [-0.3, -0.25) is 4.55 Å². The van der Waals surface area contributed by atoms with Crippen molar-refractivity contribution in [2.75, 3.05) is 0 Å². The summed E-state index contributed by atoms with van der Waals surface area (Å²) in [7, 11) is -3.98. The highest BCUT2D eigenvalue weighted by Gasteiger charge is 2.22. The van der Waals surface area contributed by atoms with Crippen molar-refractivity contribution in [1.29, 1.82) is 0 Å². The predicted octanol–water partition coefficient (Wildman–Crippen LogP) is 7.06. The van der Waals surface area contributed by atoms with Crippen molar-refractivity contribution < 1.29 is 18.1 Å². The van der Waals surface area contributed by atoms with Gasteiger partial charge in [-0.1, -0.05) is 104 Å². The van der Waals surface area contributed by atoms with Crippen molar-refractivity contribution in [3.05, 3.63) is 0 Å². The highest BCUT2D eigenvalue weighted by molar-refractivity contribution is 7.86. The first-order valence-electron chi connectivity index (χ1n) is 12.1. The molecule has 4 nitrogen and oxygen atoms in total. The Bertz CT molecular complexity index is 422. The van der Waals surface area contributed by atoms with Crippen LogP contribution in [0.2, 0.25) is 0 Å². The third kappa shape index (κ3) is 17.9. The van der Waals surface area contributed by atoms with Crippen molar-refractivity contribution in [3.63, 3.8) is 0 Å². The Labute approximate surface area is 175 Å². The van der Waals surface area contributed by atoms with Gasteiger partial charge in [0, 0.05) is 0 Å². The fourth-order valence-electron chi connectivity index (χ4n) is 3.82. The van der Waals surface area contributed by atoms with Crippen LogP contribution in [0.5, 0.6) is 0 Å². The van der Waals surface area contributed by atoms with Crippen LogP contribution in [0.4, 0.5) is 0 Å². The van der Waals surface area contributed by atoms with Gasteiger partial charge in [0.25, 0.3) is 10.1 Å². The minimum atomic E-state index is -3.98. The summed E-state index contributed by atoms with van der Waals surface area (Å²) in [5, 5.41) is 9.21. The van der Waals surface area contributed by atoms with Gasteiger partial charge in [-0.2, -0.15) is 8.42 Å². The predicted molar refractivity (Wildman–Crippen MR) is 120 cm³/mol.